The van der Waals surface area contributed by atoms with Crippen LogP contribution in [0, 0.1) is 0 Å². The molecular weight excluding hydrogens is 284 g/mol. The van der Waals surface area contributed by atoms with Gasteiger partial charge in [0.15, 0.2) is 0 Å². The van der Waals surface area contributed by atoms with Gasteiger partial charge in [0.25, 0.3) is 0 Å². The molecule has 0 bridgehead atoms. The number of nitrogens with zero attached hydrogens (tertiary/aromatic N) is 1. The van der Waals surface area contributed by atoms with Gasteiger partial charge in [0, 0.05) is 13.1 Å². The molecule has 1 aliphatic heterocycles. The van der Waals surface area contributed by atoms with E-state index in [0.717, 1.165) is 11.1 Å². The van der Waals surface area contributed by atoms with Gasteiger partial charge in [0.1, 0.15) is 5.60 Å². The zero-order chi connectivity index (χ0) is 16.5. The second-order valence-electron chi connectivity index (χ2n) is 6.44. The monoisotopic (exact) mass is 306 g/mol. The predicted molar refractivity (Wildman–Crippen MR) is 81.6 cm³/mol. The fourth-order valence-corrected chi connectivity index (χ4v) is 2.52. The maximum atomic E-state index is 12.2. The summed E-state index contributed by atoms with van der Waals surface area (Å²) in [4.78, 5) is 25.2. The Balaban J connectivity index is 2.29. The number of rotatable bonds is 2. The van der Waals surface area contributed by atoms with Crippen LogP contribution in [0.4, 0.5) is 4.79 Å². The Morgan fingerprint density at radius 2 is 2.05 bits per heavy atom. The van der Waals surface area contributed by atoms with E-state index in [1.165, 1.54) is 0 Å². The van der Waals surface area contributed by atoms with Crippen LogP contribution in [-0.2, 0) is 24.2 Å². The number of carboxylic acid groups (broad SMARTS) is 1. The molecule has 1 heterocycles. The van der Waals surface area contributed by atoms with Crippen LogP contribution >= 0.6 is 0 Å². The van der Waals surface area contributed by atoms with Crippen LogP contribution in [0.3, 0.4) is 0 Å². The molecule has 6 nitrogen and oxygen atoms in total. The van der Waals surface area contributed by atoms with Crippen LogP contribution in [0.2, 0.25) is 0 Å². The van der Waals surface area contributed by atoms with Gasteiger partial charge in [-0.3, -0.25) is 0 Å². The third kappa shape index (κ3) is 3.57. The Morgan fingerprint density at radius 3 is 2.59 bits per heavy atom. The van der Waals surface area contributed by atoms with Crippen LogP contribution in [0.1, 0.15) is 47.8 Å². The van der Waals surface area contributed by atoms with Crippen LogP contribution in [-0.4, -0.2) is 34.2 Å². The third-order valence-electron chi connectivity index (χ3n) is 3.52. The molecule has 1 aromatic rings. The average molecular weight is 306 g/mol. The van der Waals surface area contributed by atoms with Crippen molar-refractivity contribution in [2.75, 3.05) is 6.54 Å². The molecule has 1 aliphatic rings. The van der Waals surface area contributed by atoms with Crippen LogP contribution < -0.4 is 5.73 Å². The smallest absolute Gasteiger partial charge is 0.410 e. The number of aromatic carboxylic acids is 1. The standard InChI is InChI=1S/C16H22N2O4/c1-16(2,3)22-15(21)18-5-4-11-6-10(8-17)7-12(14(19)20)13(11)9-18/h6-7H,4-5,8-9,17H2,1-3H3,(H,19,20). The van der Waals surface area contributed by atoms with Crippen molar-refractivity contribution in [3.8, 4) is 0 Å². The quantitative estimate of drug-likeness (QED) is 0.873. The molecule has 0 aromatic heterocycles. The average Bonchev–Trinajstić information content (AvgIpc) is 2.43. The summed E-state index contributed by atoms with van der Waals surface area (Å²) in [6.45, 7) is 6.46. The minimum Gasteiger partial charge on any atom is -0.478 e. The molecule has 0 aliphatic carbocycles. The van der Waals surface area contributed by atoms with Gasteiger partial charge >= 0.3 is 12.1 Å². The number of hydrogen-bond acceptors (Lipinski definition) is 4. The van der Waals surface area contributed by atoms with Gasteiger partial charge in [-0.05, 0) is 49.9 Å². The van der Waals surface area contributed by atoms with E-state index < -0.39 is 17.7 Å². The lowest BCUT2D eigenvalue weighted by atomic mass is 9.92. The Morgan fingerprint density at radius 1 is 1.36 bits per heavy atom. The van der Waals surface area contributed by atoms with E-state index in [1.54, 1.807) is 31.7 Å². The SMILES string of the molecule is CC(C)(C)OC(=O)N1CCc2cc(CN)cc(C(=O)O)c2C1. The van der Waals surface area contributed by atoms with Gasteiger partial charge in [-0.15, -0.1) is 0 Å². The minimum absolute atomic E-state index is 0.214. The summed E-state index contributed by atoms with van der Waals surface area (Å²) in [6, 6.07) is 3.51. The number of carbonyl (C=O) groups is 2. The first-order valence-electron chi connectivity index (χ1n) is 7.27. The molecule has 22 heavy (non-hydrogen) atoms. The highest BCUT2D eigenvalue weighted by atomic mass is 16.6. The third-order valence-corrected chi connectivity index (χ3v) is 3.52. The Hall–Kier alpha value is -2.08. The lowest BCUT2D eigenvalue weighted by Crippen LogP contribution is -2.40. The van der Waals surface area contributed by atoms with E-state index in [1.807, 2.05) is 6.07 Å². The van der Waals surface area contributed by atoms with E-state index in [9.17, 15) is 14.7 Å². The summed E-state index contributed by atoms with van der Waals surface area (Å²) in [5.74, 6) is -1.00. The van der Waals surface area contributed by atoms with Crippen molar-refractivity contribution < 1.29 is 19.4 Å². The van der Waals surface area contributed by atoms with Crippen molar-refractivity contribution in [1.82, 2.24) is 4.90 Å². The lowest BCUT2D eigenvalue weighted by molar-refractivity contribution is 0.0221. The Bertz CT molecular complexity index is 605. The van der Waals surface area contributed by atoms with Crippen LogP contribution in [0.5, 0.6) is 0 Å². The highest BCUT2D eigenvalue weighted by Gasteiger charge is 2.28. The van der Waals surface area contributed by atoms with Crippen molar-refractivity contribution in [2.24, 2.45) is 5.73 Å². The normalized spacial score (nSPS) is 14.5. The summed E-state index contributed by atoms with van der Waals surface area (Å²) in [5, 5.41) is 9.40. The molecule has 1 aromatic carbocycles. The molecule has 0 fully saturated rings. The molecule has 0 saturated carbocycles. The second kappa shape index (κ2) is 5.96. The number of carbonyl (C=O) groups excluding carboxylic acids is 1. The fraction of sp³-hybridized carbons (Fsp3) is 0.500. The molecule has 120 valence electrons. The zero-order valence-electron chi connectivity index (χ0n) is 13.2. The summed E-state index contributed by atoms with van der Waals surface area (Å²) in [7, 11) is 0. The van der Waals surface area contributed by atoms with Crippen molar-refractivity contribution in [2.45, 2.75) is 45.9 Å². The van der Waals surface area contributed by atoms with E-state index in [-0.39, 0.29) is 12.1 Å². The van der Waals surface area contributed by atoms with Gasteiger partial charge in [0.2, 0.25) is 0 Å². The molecule has 0 atom stereocenters. The number of amides is 1. The zero-order valence-corrected chi connectivity index (χ0v) is 13.2. The molecular formula is C16H22N2O4. The molecule has 0 radical (unpaired) electrons. The van der Waals surface area contributed by atoms with Crippen LogP contribution in [0.25, 0.3) is 0 Å². The van der Waals surface area contributed by atoms with E-state index >= 15 is 0 Å². The van der Waals surface area contributed by atoms with Crippen molar-refractivity contribution in [3.05, 3.63) is 34.4 Å². The van der Waals surface area contributed by atoms with E-state index in [2.05, 4.69) is 0 Å². The summed E-state index contributed by atoms with van der Waals surface area (Å²) in [6.07, 6.45) is 0.181. The molecule has 1 amide bonds. The molecule has 2 rings (SSSR count). The second-order valence-corrected chi connectivity index (χ2v) is 6.44. The lowest BCUT2D eigenvalue weighted by Gasteiger charge is -2.32. The summed E-state index contributed by atoms with van der Waals surface area (Å²) < 4.78 is 5.36. The van der Waals surface area contributed by atoms with Gasteiger partial charge < -0.3 is 20.5 Å². The Kier molecular flexibility index (Phi) is 4.42. The molecule has 6 heteroatoms. The van der Waals surface area contributed by atoms with E-state index in [4.69, 9.17) is 10.5 Å². The topological polar surface area (TPSA) is 92.9 Å². The maximum absolute atomic E-state index is 12.2. The first kappa shape index (κ1) is 16.3. The molecule has 0 unspecified atom stereocenters. The van der Waals surface area contributed by atoms with E-state index in [0.29, 0.717) is 25.1 Å². The van der Waals surface area contributed by atoms with Gasteiger partial charge in [-0.1, -0.05) is 6.07 Å². The summed E-state index contributed by atoms with van der Waals surface area (Å²) >= 11 is 0. The number of fused-ring (bicyclic) bond motifs is 1. The van der Waals surface area contributed by atoms with Crippen LogP contribution in [0.15, 0.2) is 12.1 Å². The van der Waals surface area contributed by atoms with Gasteiger partial charge in [-0.2, -0.15) is 0 Å². The Labute approximate surface area is 129 Å². The minimum atomic E-state index is -1.00. The predicted octanol–water partition coefficient (Wildman–Crippen LogP) is 2.14. The maximum Gasteiger partial charge on any atom is 0.410 e. The first-order valence-corrected chi connectivity index (χ1v) is 7.27. The number of carboxylic acids is 1. The van der Waals surface area contributed by atoms with Gasteiger partial charge in [-0.25, -0.2) is 9.59 Å². The number of nitrogens with two attached hydrogens (primary N) is 1. The van der Waals surface area contributed by atoms with Crippen molar-refractivity contribution in [3.63, 3.8) is 0 Å². The molecule has 0 spiro atoms. The highest BCUT2D eigenvalue weighted by Crippen LogP contribution is 2.26. The molecule has 0 saturated heterocycles. The number of benzene rings is 1. The van der Waals surface area contributed by atoms with Crippen molar-refractivity contribution in [1.29, 1.82) is 0 Å². The van der Waals surface area contributed by atoms with Gasteiger partial charge in [0.05, 0.1) is 12.1 Å². The number of ether oxygens (including phenoxy) is 1. The number of hydrogen-bond donors (Lipinski definition) is 2. The largest absolute Gasteiger partial charge is 0.478 e. The highest BCUT2D eigenvalue weighted by molar-refractivity contribution is 5.90. The molecule has 3 N–H and O–H groups in total. The summed E-state index contributed by atoms with van der Waals surface area (Å²) in [5.41, 5.74) is 7.67. The van der Waals surface area contributed by atoms with Crippen molar-refractivity contribution >= 4 is 12.1 Å². The fourth-order valence-electron chi connectivity index (χ4n) is 2.52. The first-order chi connectivity index (χ1) is 10.2.